The maximum absolute atomic E-state index is 13.6. The van der Waals surface area contributed by atoms with Gasteiger partial charge in [-0.1, -0.05) is 5.21 Å². The molecule has 0 bridgehead atoms. The summed E-state index contributed by atoms with van der Waals surface area (Å²) in [6.45, 7) is 1.27. The Morgan fingerprint density at radius 2 is 2.00 bits per heavy atom. The highest BCUT2D eigenvalue weighted by Gasteiger charge is 2.26. The van der Waals surface area contributed by atoms with Crippen LogP contribution in [0.4, 0.5) is 4.39 Å². The quantitative estimate of drug-likeness (QED) is 0.534. The number of pyridine rings is 1. The number of amides is 1. The lowest BCUT2D eigenvalue weighted by atomic mass is 10.1. The Morgan fingerprint density at radius 3 is 2.75 bits per heavy atom. The van der Waals surface area contributed by atoms with Crippen molar-refractivity contribution in [2.24, 2.45) is 0 Å². The molecular weight excluding hydrogens is 413 g/mol. The van der Waals surface area contributed by atoms with E-state index in [2.05, 4.69) is 15.3 Å². The van der Waals surface area contributed by atoms with Gasteiger partial charge in [-0.25, -0.2) is 9.07 Å². The second kappa shape index (κ2) is 8.01. The predicted octanol–water partition coefficient (Wildman–Crippen LogP) is 2.78. The number of halogens is 1. The largest absolute Gasteiger partial charge is 0.380 e. The standard InChI is InChI=1S/C23H20FN5O3/c1-32-18-8-9-28(12-18)23(31)14-2-5-17(6-3-14)29-13-21(26-27-29)19-11-15-10-16(24)4-7-20(15)25-22(19)30/h2-7,10-11,13,18H,8-9,12H2,1H3,(H,25,30). The molecule has 0 radical (unpaired) electrons. The van der Waals surface area contributed by atoms with Crippen LogP contribution in [-0.2, 0) is 4.74 Å². The van der Waals surface area contributed by atoms with Gasteiger partial charge in [-0.3, -0.25) is 9.59 Å². The molecule has 1 saturated heterocycles. The lowest BCUT2D eigenvalue weighted by molar-refractivity contribution is 0.0724. The van der Waals surface area contributed by atoms with Crippen LogP contribution in [-0.4, -0.2) is 57.1 Å². The molecule has 9 heteroatoms. The molecule has 162 valence electrons. The van der Waals surface area contributed by atoms with Crippen molar-refractivity contribution in [2.75, 3.05) is 20.2 Å². The number of nitrogens with zero attached hydrogens (tertiary/aromatic N) is 4. The van der Waals surface area contributed by atoms with Crippen LogP contribution < -0.4 is 5.56 Å². The summed E-state index contributed by atoms with van der Waals surface area (Å²) in [5.41, 5.74) is 2.14. The van der Waals surface area contributed by atoms with Crippen molar-refractivity contribution >= 4 is 16.8 Å². The molecular formula is C23H20FN5O3. The summed E-state index contributed by atoms with van der Waals surface area (Å²) < 4.78 is 20.4. The zero-order valence-electron chi connectivity index (χ0n) is 17.3. The van der Waals surface area contributed by atoms with Crippen molar-refractivity contribution in [1.29, 1.82) is 0 Å². The number of fused-ring (bicyclic) bond motifs is 1. The zero-order chi connectivity index (χ0) is 22.2. The van der Waals surface area contributed by atoms with E-state index in [0.29, 0.717) is 46.5 Å². The molecule has 1 amide bonds. The number of carbonyl (C=O) groups excluding carboxylic acids is 1. The lowest BCUT2D eigenvalue weighted by Gasteiger charge is -2.16. The van der Waals surface area contributed by atoms with Crippen molar-refractivity contribution < 1.29 is 13.9 Å². The fourth-order valence-electron chi connectivity index (χ4n) is 3.93. The highest BCUT2D eigenvalue weighted by atomic mass is 19.1. The average molecular weight is 433 g/mol. The van der Waals surface area contributed by atoms with E-state index >= 15 is 0 Å². The Bertz CT molecular complexity index is 1360. The Kier molecular flexibility index (Phi) is 5.02. The number of hydrogen-bond donors (Lipinski definition) is 1. The van der Waals surface area contributed by atoms with Gasteiger partial charge >= 0.3 is 0 Å². The minimum Gasteiger partial charge on any atom is -0.380 e. The monoisotopic (exact) mass is 433 g/mol. The van der Waals surface area contributed by atoms with Crippen molar-refractivity contribution in [2.45, 2.75) is 12.5 Å². The summed E-state index contributed by atoms with van der Waals surface area (Å²) in [6.07, 6.45) is 2.54. The van der Waals surface area contributed by atoms with E-state index in [4.69, 9.17) is 4.74 Å². The van der Waals surface area contributed by atoms with E-state index in [1.807, 2.05) is 0 Å². The summed E-state index contributed by atoms with van der Waals surface area (Å²) in [6, 6.07) is 12.8. The van der Waals surface area contributed by atoms with Crippen LogP contribution in [0.5, 0.6) is 0 Å². The van der Waals surface area contributed by atoms with Gasteiger partial charge in [0.05, 0.1) is 23.6 Å². The van der Waals surface area contributed by atoms with Crippen LogP contribution in [0.2, 0.25) is 0 Å². The van der Waals surface area contributed by atoms with Crippen molar-refractivity contribution in [3.8, 4) is 16.9 Å². The third-order valence-electron chi connectivity index (χ3n) is 5.72. The van der Waals surface area contributed by atoms with E-state index in [-0.39, 0.29) is 23.4 Å². The zero-order valence-corrected chi connectivity index (χ0v) is 17.3. The van der Waals surface area contributed by atoms with Gasteiger partial charge in [0, 0.05) is 36.7 Å². The maximum Gasteiger partial charge on any atom is 0.258 e. The molecule has 1 N–H and O–H groups in total. The fraction of sp³-hybridized carbons (Fsp3) is 0.217. The normalized spacial score (nSPS) is 16.1. The second-order valence-corrected chi connectivity index (χ2v) is 7.74. The third kappa shape index (κ3) is 3.67. The molecule has 2 aromatic carbocycles. The molecule has 1 aliphatic heterocycles. The smallest absolute Gasteiger partial charge is 0.258 e. The highest BCUT2D eigenvalue weighted by molar-refractivity contribution is 5.94. The molecule has 2 aromatic heterocycles. The number of ether oxygens (including phenoxy) is 1. The van der Waals surface area contributed by atoms with Crippen LogP contribution in [0.15, 0.2) is 59.5 Å². The summed E-state index contributed by atoms with van der Waals surface area (Å²) in [5.74, 6) is -0.425. The molecule has 4 aromatic rings. The minimum atomic E-state index is -0.388. The van der Waals surface area contributed by atoms with Crippen LogP contribution >= 0.6 is 0 Å². The van der Waals surface area contributed by atoms with Gasteiger partial charge in [-0.15, -0.1) is 5.10 Å². The van der Waals surface area contributed by atoms with Crippen molar-refractivity contribution in [3.63, 3.8) is 0 Å². The second-order valence-electron chi connectivity index (χ2n) is 7.74. The number of nitrogens with one attached hydrogen (secondary N) is 1. The number of methoxy groups -OCH3 is 1. The summed E-state index contributed by atoms with van der Waals surface area (Å²) in [7, 11) is 1.66. The number of aromatic nitrogens is 4. The fourth-order valence-corrected chi connectivity index (χ4v) is 3.93. The van der Waals surface area contributed by atoms with Crippen LogP contribution in [0.25, 0.3) is 27.8 Å². The highest BCUT2D eigenvalue weighted by Crippen LogP contribution is 2.20. The molecule has 1 aliphatic rings. The molecule has 0 spiro atoms. The Morgan fingerprint density at radius 1 is 1.19 bits per heavy atom. The van der Waals surface area contributed by atoms with Gasteiger partial charge in [0.2, 0.25) is 0 Å². The van der Waals surface area contributed by atoms with Gasteiger partial charge in [0.15, 0.2) is 0 Å². The molecule has 5 rings (SSSR count). The van der Waals surface area contributed by atoms with Gasteiger partial charge in [0.25, 0.3) is 11.5 Å². The van der Waals surface area contributed by atoms with Gasteiger partial charge in [0.1, 0.15) is 11.5 Å². The molecule has 1 unspecified atom stereocenters. The number of likely N-dealkylation sites (tertiary alicyclic amines) is 1. The number of hydrogen-bond acceptors (Lipinski definition) is 5. The first-order valence-electron chi connectivity index (χ1n) is 10.2. The van der Waals surface area contributed by atoms with Crippen molar-refractivity contribution in [1.82, 2.24) is 24.9 Å². The van der Waals surface area contributed by atoms with E-state index in [9.17, 15) is 14.0 Å². The Labute approximate surface area is 182 Å². The number of carbonyl (C=O) groups is 1. The molecule has 3 heterocycles. The Hall–Kier alpha value is -3.85. The minimum absolute atomic E-state index is 0.0368. The topological polar surface area (TPSA) is 93.1 Å². The number of benzene rings is 2. The SMILES string of the molecule is COC1CCN(C(=O)c2ccc(-n3cc(-c4cc5cc(F)ccc5[nH]c4=O)nn3)cc2)C1. The summed E-state index contributed by atoms with van der Waals surface area (Å²) >= 11 is 0. The number of aromatic amines is 1. The van der Waals surface area contributed by atoms with Gasteiger partial charge < -0.3 is 14.6 Å². The molecule has 1 atom stereocenters. The lowest BCUT2D eigenvalue weighted by Crippen LogP contribution is -2.29. The molecule has 32 heavy (non-hydrogen) atoms. The van der Waals surface area contributed by atoms with Gasteiger partial charge in [-0.2, -0.15) is 0 Å². The first kappa shape index (κ1) is 20.1. The van der Waals surface area contributed by atoms with E-state index in [1.54, 1.807) is 48.5 Å². The first-order chi connectivity index (χ1) is 15.5. The van der Waals surface area contributed by atoms with Crippen LogP contribution in [0.3, 0.4) is 0 Å². The average Bonchev–Trinajstić information content (AvgIpc) is 3.48. The first-order valence-corrected chi connectivity index (χ1v) is 10.2. The van der Waals surface area contributed by atoms with E-state index < -0.39 is 0 Å². The van der Waals surface area contributed by atoms with Crippen LogP contribution in [0, 0.1) is 5.82 Å². The number of rotatable bonds is 4. The molecule has 0 aliphatic carbocycles. The number of H-pyrrole nitrogens is 1. The third-order valence-corrected chi connectivity index (χ3v) is 5.72. The Balaban J connectivity index is 1.39. The maximum atomic E-state index is 13.6. The van der Waals surface area contributed by atoms with E-state index in [1.165, 1.54) is 22.9 Å². The van der Waals surface area contributed by atoms with E-state index in [0.717, 1.165) is 6.42 Å². The molecule has 0 saturated carbocycles. The van der Waals surface area contributed by atoms with Crippen molar-refractivity contribution in [3.05, 3.63) is 76.5 Å². The summed E-state index contributed by atoms with van der Waals surface area (Å²) in [4.78, 5) is 29.7. The predicted molar refractivity (Wildman–Crippen MR) is 116 cm³/mol. The molecule has 1 fully saturated rings. The van der Waals surface area contributed by atoms with Gasteiger partial charge in [-0.05, 0) is 55.0 Å². The molecule has 8 nitrogen and oxygen atoms in total. The van der Waals surface area contributed by atoms with Crippen LogP contribution in [0.1, 0.15) is 16.8 Å². The summed E-state index contributed by atoms with van der Waals surface area (Å²) in [5, 5.41) is 8.77.